The normalized spacial score (nSPS) is 14.3. The Morgan fingerprint density at radius 3 is 2.25 bits per heavy atom. The van der Waals surface area contributed by atoms with Crippen LogP contribution in [0.1, 0.15) is 5.56 Å². The number of hydrogen-bond acceptors (Lipinski definition) is 9. The molecule has 0 aliphatic carbocycles. The Labute approximate surface area is 212 Å². The Morgan fingerprint density at radius 2 is 1.61 bits per heavy atom. The van der Waals surface area contributed by atoms with Gasteiger partial charge in [-0.25, -0.2) is 4.90 Å². The smallest absolute Gasteiger partial charge is 0.318 e. The van der Waals surface area contributed by atoms with E-state index in [1.807, 2.05) is 0 Å². The molecule has 0 radical (unpaired) electrons. The van der Waals surface area contributed by atoms with E-state index in [-0.39, 0.29) is 22.2 Å². The fourth-order valence-corrected chi connectivity index (χ4v) is 4.22. The number of anilines is 1. The number of amides is 2. The van der Waals surface area contributed by atoms with Crippen LogP contribution in [0, 0.1) is 20.2 Å². The average Bonchev–Trinajstić information content (AvgIpc) is 3.13. The molecule has 1 saturated heterocycles. The lowest BCUT2D eigenvalue weighted by Gasteiger charge is -2.12. The number of hydrogen-bond donors (Lipinski definition) is 0. The lowest BCUT2D eigenvalue weighted by atomic mass is 10.1. The van der Waals surface area contributed by atoms with E-state index >= 15 is 0 Å². The molecule has 11 nitrogen and oxygen atoms in total. The zero-order valence-electron chi connectivity index (χ0n) is 18.2. The summed E-state index contributed by atoms with van der Waals surface area (Å²) in [4.78, 5) is 47.3. The Bertz CT molecular complexity index is 1440. The first-order valence-electron chi connectivity index (χ1n) is 10.00. The van der Waals surface area contributed by atoms with Crippen molar-refractivity contribution in [2.75, 3.05) is 12.0 Å². The SMILES string of the molecule is COc1cc(/C=C2/SC(=O)N(c3ccc(Cl)cc3)C2=O)ccc1Oc1ccc([N+](=O)[O-])cc1[N+](=O)[O-]. The summed E-state index contributed by atoms with van der Waals surface area (Å²) in [5.41, 5.74) is -0.162. The second kappa shape index (κ2) is 10.1. The minimum Gasteiger partial charge on any atom is -0.493 e. The second-order valence-electron chi connectivity index (χ2n) is 7.17. The molecule has 36 heavy (non-hydrogen) atoms. The standard InChI is InChI=1S/C23H14ClN3O8S/c1-34-20-10-13(11-21-22(28)25(23(29)36-21)15-5-3-14(24)4-6-15)2-8-19(20)35-18-9-7-16(26(30)31)12-17(18)27(32)33/h2-12H,1H3/b21-11+. The summed E-state index contributed by atoms with van der Waals surface area (Å²) >= 11 is 6.64. The van der Waals surface area contributed by atoms with Crippen LogP contribution >= 0.6 is 23.4 Å². The van der Waals surface area contributed by atoms with Gasteiger partial charge in [-0.3, -0.25) is 29.8 Å². The number of nitro groups is 2. The number of halogens is 1. The number of nitrogens with zero attached hydrogens (tertiary/aromatic N) is 3. The Balaban J connectivity index is 1.61. The molecule has 182 valence electrons. The van der Waals surface area contributed by atoms with Crippen LogP contribution in [-0.4, -0.2) is 28.1 Å². The number of thioether (sulfide) groups is 1. The summed E-state index contributed by atoms with van der Waals surface area (Å²) in [6, 6.07) is 13.8. The highest BCUT2D eigenvalue weighted by Gasteiger charge is 2.36. The van der Waals surface area contributed by atoms with Crippen molar-refractivity contribution in [3.05, 3.63) is 96.4 Å². The van der Waals surface area contributed by atoms with Crippen LogP contribution in [0.2, 0.25) is 5.02 Å². The Morgan fingerprint density at radius 1 is 0.917 bits per heavy atom. The van der Waals surface area contributed by atoms with Crippen LogP contribution in [0.4, 0.5) is 21.9 Å². The number of nitro benzene ring substituents is 2. The van der Waals surface area contributed by atoms with Gasteiger partial charge in [0, 0.05) is 11.1 Å². The topological polar surface area (TPSA) is 142 Å². The van der Waals surface area contributed by atoms with E-state index in [1.165, 1.54) is 25.3 Å². The summed E-state index contributed by atoms with van der Waals surface area (Å²) in [6.45, 7) is 0. The van der Waals surface area contributed by atoms with Crippen molar-refractivity contribution in [2.24, 2.45) is 0 Å². The predicted octanol–water partition coefficient (Wildman–Crippen LogP) is 6.20. The molecule has 3 aromatic carbocycles. The van der Waals surface area contributed by atoms with Gasteiger partial charge in [0.2, 0.25) is 5.75 Å². The molecule has 1 fully saturated rings. The van der Waals surface area contributed by atoms with Crippen LogP contribution in [0.5, 0.6) is 17.2 Å². The lowest BCUT2D eigenvalue weighted by Crippen LogP contribution is -2.27. The van der Waals surface area contributed by atoms with Gasteiger partial charge in [-0.2, -0.15) is 0 Å². The number of carbonyl (C=O) groups excluding carboxylic acids is 2. The van der Waals surface area contributed by atoms with Gasteiger partial charge in [-0.05, 0) is 65.9 Å². The van der Waals surface area contributed by atoms with Gasteiger partial charge in [-0.15, -0.1) is 0 Å². The van der Waals surface area contributed by atoms with E-state index in [0.717, 1.165) is 34.9 Å². The first-order chi connectivity index (χ1) is 17.2. The number of benzene rings is 3. The zero-order chi connectivity index (χ0) is 26.0. The average molecular weight is 528 g/mol. The number of carbonyl (C=O) groups is 2. The van der Waals surface area contributed by atoms with Crippen LogP contribution in [0.15, 0.2) is 65.6 Å². The van der Waals surface area contributed by atoms with Gasteiger partial charge >= 0.3 is 5.69 Å². The molecule has 13 heteroatoms. The van der Waals surface area contributed by atoms with Crippen molar-refractivity contribution in [3.63, 3.8) is 0 Å². The van der Waals surface area contributed by atoms with Gasteiger partial charge in [0.1, 0.15) is 0 Å². The summed E-state index contributed by atoms with van der Waals surface area (Å²) in [5, 5.41) is 22.3. The molecule has 3 aromatic rings. The van der Waals surface area contributed by atoms with Gasteiger partial charge in [0.15, 0.2) is 11.5 Å². The maximum atomic E-state index is 12.9. The first-order valence-corrected chi connectivity index (χ1v) is 11.2. The lowest BCUT2D eigenvalue weighted by molar-refractivity contribution is -0.394. The van der Waals surface area contributed by atoms with Gasteiger partial charge in [-0.1, -0.05) is 17.7 Å². The maximum absolute atomic E-state index is 12.9. The van der Waals surface area contributed by atoms with E-state index in [0.29, 0.717) is 16.3 Å². The Kier molecular flexibility index (Phi) is 6.90. The fraction of sp³-hybridized carbons (Fsp3) is 0.0435. The molecule has 0 saturated carbocycles. The second-order valence-corrected chi connectivity index (χ2v) is 8.60. The van der Waals surface area contributed by atoms with E-state index in [4.69, 9.17) is 21.1 Å². The van der Waals surface area contributed by atoms with Gasteiger partial charge < -0.3 is 9.47 Å². The molecule has 2 amide bonds. The summed E-state index contributed by atoms with van der Waals surface area (Å²) in [5.74, 6) is -0.456. The molecule has 0 unspecified atom stereocenters. The third kappa shape index (κ3) is 4.99. The largest absolute Gasteiger partial charge is 0.493 e. The molecule has 0 aromatic heterocycles. The van der Waals surface area contributed by atoms with E-state index in [1.54, 1.807) is 30.3 Å². The van der Waals surface area contributed by atoms with Gasteiger partial charge in [0.05, 0.1) is 33.6 Å². The first kappa shape index (κ1) is 24.7. The van der Waals surface area contributed by atoms with Crippen LogP contribution in [-0.2, 0) is 4.79 Å². The minimum atomic E-state index is -0.792. The monoisotopic (exact) mass is 527 g/mol. The predicted molar refractivity (Wildman–Crippen MR) is 133 cm³/mol. The summed E-state index contributed by atoms with van der Waals surface area (Å²) in [7, 11) is 1.35. The summed E-state index contributed by atoms with van der Waals surface area (Å²) in [6.07, 6.45) is 1.50. The molecule has 1 heterocycles. The van der Waals surface area contributed by atoms with E-state index in [9.17, 15) is 29.8 Å². The van der Waals surface area contributed by atoms with Crippen molar-refractivity contribution >= 4 is 57.6 Å². The molecule has 1 aliphatic rings. The number of methoxy groups -OCH3 is 1. The zero-order valence-corrected chi connectivity index (χ0v) is 19.8. The molecular weight excluding hydrogens is 514 g/mol. The number of imide groups is 1. The third-order valence-electron chi connectivity index (χ3n) is 4.93. The van der Waals surface area contributed by atoms with Crippen molar-refractivity contribution in [1.29, 1.82) is 0 Å². The maximum Gasteiger partial charge on any atom is 0.318 e. The fourth-order valence-electron chi connectivity index (χ4n) is 3.26. The van der Waals surface area contributed by atoms with Crippen molar-refractivity contribution < 1.29 is 28.9 Å². The number of non-ortho nitro benzene ring substituents is 1. The van der Waals surface area contributed by atoms with Gasteiger partial charge in [0.25, 0.3) is 16.8 Å². The van der Waals surface area contributed by atoms with Crippen molar-refractivity contribution in [1.82, 2.24) is 0 Å². The van der Waals surface area contributed by atoms with Crippen molar-refractivity contribution in [3.8, 4) is 17.2 Å². The van der Waals surface area contributed by atoms with Crippen LogP contribution in [0.25, 0.3) is 6.08 Å². The molecular formula is C23H14ClN3O8S. The third-order valence-corrected chi connectivity index (χ3v) is 6.06. The number of rotatable bonds is 7. The highest BCUT2D eigenvalue weighted by Crippen LogP contribution is 2.40. The molecule has 0 atom stereocenters. The molecule has 0 N–H and O–H groups in total. The quantitative estimate of drug-likeness (QED) is 0.199. The summed E-state index contributed by atoms with van der Waals surface area (Å²) < 4.78 is 10.9. The highest BCUT2D eigenvalue weighted by molar-refractivity contribution is 8.19. The molecule has 0 spiro atoms. The highest BCUT2D eigenvalue weighted by atomic mass is 35.5. The molecule has 1 aliphatic heterocycles. The van der Waals surface area contributed by atoms with E-state index in [2.05, 4.69) is 0 Å². The number of ether oxygens (including phenoxy) is 2. The molecule has 4 rings (SSSR count). The molecule has 0 bridgehead atoms. The van der Waals surface area contributed by atoms with Crippen LogP contribution in [0.3, 0.4) is 0 Å². The van der Waals surface area contributed by atoms with E-state index < -0.39 is 32.4 Å². The van der Waals surface area contributed by atoms with Crippen molar-refractivity contribution in [2.45, 2.75) is 0 Å². The Hall–Kier alpha value is -4.42. The minimum absolute atomic E-state index is 0.0980. The van der Waals surface area contributed by atoms with Crippen LogP contribution < -0.4 is 14.4 Å².